The summed E-state index contributed by atoms with van der Waals surface area (Å²) < 4.78 is 25.7. The standard InChI is InChI=1S/C13H21N3O3S/c1-3-7-15-13(17)10-16(2)20(18,19)12-6-4-5-11(8-12)9-14/h4-6,8H,3,7,9-10,14H2,1-2H3,(H,15,17). The fourth-order valence-corrected chi connectivity index (χ4v) is 2.82. The van der Waals surface area contributed by atoms with Crippen LogP contribution in [0.15, 0.2) is 29.2 Å². The van der Waals surface area contributed by atoms with E-state index in [-0.39, 0.29) is 23.9 Å². The van der Waals surface area contributed by atoms with Crippen molar-refractivity contribution in [2.45, 2.75) is 24.8 Å². The van der Waals surface area contributed by atoms with Crippen molar-refractivity contribution in [1.82, 2.24) is 9.62 Å². The molecule has 0 bridgehead atoms. The van der Waals surface area contributed by atoms with Gasteiger partial charge in [-0.15, -0.1) is 0 Å². The summed E-state index contributed by atoms with van der Waals surface area (Å²) in [5, 5.41) is 2.64. The van der Waals surface area contributed by atoms with Gasteiger partial charge in [-0.25, -0.2) is 8.42 Å². The molecule has 1 amide bonds. The summed E-state index contributed by atoms with van der Waals surface area (Å²) in [6, 6.07) is 6.41. The summed E-state index contributed by atoms with van der Waals surface area (Å²) in [6.07, 6.45) is 0.806. The van der Waals surface area contributed by atoms with Crippen molar-refractivity contribution in [1.29, 1.82) is 0 Å². The third-order valence-corrected chi connectivity index (χ3v) is 4.58. The number of hydrogen-bond acceptors (Lipinski definition) is 4. The molecule has 6 nitrogen and oxygen atoms in total. The maximum absolute atomic E-state index is 12.3. The molecule has 7 heteroatoms. The van der Waals surface area contributed by atoms with Gasteiger partial charge in [0.25, 0.3) is 0 Å². The number of sulfonamides is 1. The zero-order valence-electron chi connectivity index (χ0n) is 11.8. The van der Waals surface area contributed by atoms with Crippen LogP contribution >= 0.6 is 0 Å². The van der Waals surface area contributed by atoms with Gasteiger partial charge >= 0.3 is 0 Å². The van der Waals surface area contributed by atoms with E-state index in [0.717, 1.165) is 16.3 Å². The van der Waals surface area contributed by atoms with E-state index in [1.54, 1.807) is 12.1 Å². The van der Waals surface area contributed by atoms with Gasteiger partial charge in [0, 0.05) is 20.1 Å². The van der Waals surface area contributed by atoms with Crippen LogP contribution in [-0.2, 0) is 21.4 Å². The van der Waals surface area contributed by atoms with Gasteiger partial charge in [0.05, 0.1) is 11.4 Å². The lowest BCUT2D eigenvalue weighted by Gasteiger charge is -2.17. The smallest absolute Gasteiger partial charge is 0.243 e. The lowest BCUT2D eigenvalue weighted by atomic mass is 10.2. The number of nitrogens with two attached hydrogens (primary N) is 1. The number of amides is 1. The first-order chi connectivity index (χ1) is 9.41. The van der Waals surface area contributed by atoms with Gasteiger partial charge in [0.15, 0.2) is 0 Å². The number of nitrogens with one attached hydrogen (secondary N) is 1. The first-order valence-electron chi connectivity index (χ1n) is 6.43. The Kier molecular flexibility index (Phi) is 6.12. The molecule has 0 aliphatic rings. The third kappa shape index (κ3) is 4.29. The average Bonchev–Trinajstić information content (AvgIpc) is 2.45. The highest BCUT2D eigenvalue weighted by Gasteiger charge is 2.22. The molecule has 0 fully saturated rings. The Bertz CT molecular complexity index is 558. The predicted octanol–water partition coefficient (Wildman–Crippen LogP) is 0.292. The van der Waals surface area contributed by atoms with Gasteiger partial charge in [-0.2, -0.15) is 4.31 Å². The van der Waals surface area contributed by atoms with Crippen LogP contribution in [0.2, 0.25) is 0 Å². The maximum Gasteiger partial charge on any atom is 0.243 e. The van der Waals surface area contributed by atoms with Gasteiger partial charge in [0.1, 0.15) is 0 Å². The largest absolute Gasteiger partial charge is 0.355 e. The summed E-state index contributed by atoms with van der Waals surface area (Å²) in [6.45, 7) is 2.54. The van der Waals surface area contributed by atoms with Crippen LogP contribution in [0.3, 0.4) is 0 Å². The average molecular weight is 299 g/mol. The van der Waals surface area contributed by atoms with Crippen LogP contribution in [0.25, 0.3) is 0 Å². The van der Waals surface area contributed by atoms with Gasteiger partial charge < -0.3 is 11.1 Å². The van der Waals surface area contributed by atoms with Gasteiger partial charge in [-0.3, -0.25) is 4.79 Å². The number of carbonyl (C=O) groups excluding carboxylic acids is 1. The summed E-state index contributed by atoms with van der Waals surface area (Å²) >= 11 is 0. The van der Waals surface area contributed by atoms with E-state index < -0.39 is 10.0 Å². The zero-order valence-corrected chi connectivity index (χ0v) is 12.6. The molecule has 0 radical (unpaired) electrons. The topological polar surface area (TPSA) is 92.5 Å². The molecule has 0 aliphatic carbocycles. The Morgan fingerprint density at radius 3 is 2.70 bits per heavy atom. The predicted molar refractivity (Wildman–Crippen MR) is 77.4 cm³/mol. The Morgan fingerprint density at radius 1 is 1.40 bits per heavy atom. The third-order valence-electron chi connectivity index (χ3n) is 2.78. The molecule has 3 N–H and O–H groups in total. The van der Waals surface area contributed by atoms with E-state index in [1.807, 2.05) is 6.92 Å². The monoisotopic (exact) mass is 299 g/mol. The number of carbonyl (C=O) groups is 1. The first kappa shape index (κ1) is 16.6. The minimum absolute atomic E-state index is 0.145. The summed E-state index contributed by atoms with van der Waals surface area (Å²) in [7, 11) is -2.29. The minimum Gasteiger partial charge on any atom is -0.355 e. The van der Waals surface area contributed by atoms with Gasteiger partial charge in [-0.05, 0) is 24.1 Å². The van der Waals surface area contributed by atoms with Crippen LogP contribution in [0.5, 0.6) is 0 Å². The maximum atomic E-state index is 12.3. The lowest BCUT2D eigenvalue weighted by Crippen LogP contribution is -2.38. The number of rotatable bonds is 7. The van der Waals surface area contributed by atoms with E-state index in [4.69, 9.17) is 5.73 Å². The molecule has 0 spiro atoms. The normalized spacial score (nSPS) is 11.6. The highest BCUT2D eigenvalue weighted by molar-refractivity contribution is 7.89. The quantitative estimate of drug-likeness (QED) is 0.757. The molecule has 0 saturated carbocycles. The Balaban J connectivity index is 2.84. The number of benzene rings is 1. The molecule has 20 heavy (non-hydrogen) atoms. The molecule has 0 aromatic heterocycles. The van der Waals surface area contributed by atoms with E-state index in [1.165, 1.54) is 19.2 Å². The van der Waals surface area contributed by atoms with Gasteiger partial charge in [-0.1, -0.05) is 19.1 Å². The number of hydrogen-bond donors (Lipinski definition) is 2. The molecule has 1 rings (SSSR count). The van der Waals surface area contributed by atoms with Gasteiger partial charge in [0.2, 0.25) is 15.9 Å². The van der Waals surface area contributed by atoms with Crippen LogP contribution < -0.4 is 11.1 Å². The van der Waals surface area contributed by atoms with E-state index >= 15 is 0 Å². The lowest BCUT2D eigenvalue weighted by molar-refractivity contribution is -0.121. The second kappa shape index (κ2) is 7.37. The highest BCUT2D eigenvalue weighted by atomic mass is 32.2. The molecule has 0 saturated heterocycles. The molecule has 0 unspecified atom stereocenters. The fourth-order valence-electron chi connectivity index (χ4n) is 1.62. The molecular formula is C13H21N3O3S. The molecule has 1 aromatic rings. The van der Waals surface area contributed by atoms with E-state index in [2.05, 4.69) is 5.32 Å². The molecule has 0 heterocycles. The highest BCUT2D eigenvalue weighted by Crippen LogP contribution is 2.15. The SMILES string of the molecule is CCCNC(=O)CN(C)S(=O)(=O)c1cccc(CN)c1. The summed E-state index contributed by atoms with van der Waals surface area (Å²) in [4.78, 5) is 11.7. The van der Waals surface area contributed by atoms with Crippen LogP contribution in [0.4, 0.5) is 0 Å². The number of nitrogens with zero attached hydrogens (tertiary/aromatic N) is 1. The van der Waals surface area contributed by atoms with Crippen molar-refractivity contribution in [3.05, 3.63) is 29.8 Å². The fraction of sp³-hybridized carbons (Fsp3) is 0.462. The van der Waals surface area contributed by atoms with Crippen molar-refractivity contribution in [2.24, 2.45) is 5.73 Å². The van der Waals surface area contributed by atoms with E-state index in [0.29, 0.717) is 6.54 Å². The number of likely N-dealkylation sites (N-methyl/N-ethyl adjacent to an activating group) is 1. The Labute approximate surface area is 120 Å². The Morgan fingerprint density at radius 2 is 2.10 bits per heavy atom. The van der Waals surface area contributed by atoms with Crippen molar-refractivity contribution < 1.29 is 13.2 Å². The summed E-state index contributed by atoms with van der Waals surface area (Å²) in [5.74, 6) is -0.312. The van der Waals surface area contributed by atoms with E-state index in [9.17, 15) is 13.2 Å². The van der Waals surface area contributed by atoms with Crippen LogP contribution in [0.1, 0.15) is 18.9 Å². The molecule has 1 aromatic carbocycles. The molecule has 0 aliphatic heterocycles. The van der Waals surface area contributed by atoms with Crippen molar-refractivity contribution in [3.8, 4) is 0 Å². The van der Waals surface area contributed by atoms with Crippen molar-refractivity contribution in [3.63, 3.8) is 0 Å². The summed E-state index contributed by atoms with van der Waals surface area (Å²) in [5.41, 5.74) is 6.23. The van der Waals surface area contributed by atoms with Crippen LogP contribution in [-0.4, -0.2) is 38.8 Å². The first-order valence-corrected chi connectivity index (χ1v) is 7.88. The zero-order chi connectivity index (χ0) is 15.2. The van der Waals surface area contributed by atoms with Crippen molar-refractivity contribution in [2.75, 3.05) is 20.1 Å². The Hall–Kier alpha value is -1.44. The molecular weight excluding hydrogens is 278 g/mol. The second-order valence-electron chi connectivity index (χ2n) is 4.46. The van der Waals surface area contributed by atoms with Crippen LogP contribution in [0, 0.1) is 0 Å². The van der Waals surface area contributed by atoms with Crippen molar-refractivity contribution >= 4 is 15.9 Å². The molecule has 112 valence electrons. The molecule has 0 atom stereocenters. The minimum atomic E-state index is -3.67. The second-order valence-corrected chi connectivity index (χ2v) is 6.51.